The largest absolute Gasteiger partial charge is 0.338 e. The Balaban J connectivity index is 1.51. The van der Waals surface area contributed by atoms with Crippen molar-refractivity contribution in [1.29, 1.82) is 0 Å². The van der Waals surface area contributed by atoms with Gasteiger partial charge in [0.1, 0.15) is 12.1 Å². The molecule has 0 aromatic heterocycles. The van der Waals surface area contributed by atoms with Crippen LogP contribution in [0.15, 0.2) is 24.3 Å². The smallest absolute Gasteiger partial charge is 0.325 e. The quantitative estimate of drug-likeness (QED) is 0.765. The number of nitrogens with zero attached hydrogens (tertiary/aromatic N) is 2. The van der Waals surface area contributed by atoms with Crippen molar-refractivity contribution in [1.82, 2.24) is 15.1 Å². The Kier molecular flexibility index (Phi) is 4.50. The fourth-order valence-electron chi connectivity index (χ4n) is 5.80. The number of imide groups is 1. The van der Waals surface area contributed by atoms with E-state index < -0.39 is 17.5 Å². The first kappa shape index (κ1) is 20.2. The standard InChI is InChI=1S/C22H28ClN3O3/c1-20(2)9-16-10-21(3,12-20)13-26(16)17(27)11-25-18(28)22(4,24-19(25)29)14-5-7-15(23)8-6-14/h5-8,16H,9-13H2,1-4H3,(H,24,29)/t16-,21+,22-/m0/s1. The minimum Gasteiger partial charge on any atom is -0.338 e. The van der Waals surface area contributed by atoms with Crippen molar-refractivity contribution in [3.8, 4) is 0 Å². The predicted octanol–water partition coefficient (Wildman–Crippen LogP) is 3.53. The molecule has 0 radical (unpaired) electrons. The number of amides is 4. The lowest BCUT2D eigenvalue weighted by molar-refractivity contribution is -0.139. The molecule has 7 heteroatoms. The van der Waals surface area contributed by atoms with Crippen molar-refractivity contribution in [2.24, 2.45) is 10.8 Å². The zero-order chi connectivity index (χ0) is 21.2. The van der Waals surface area contributed by atoms with Crippen LogP contribution in [0.1, 0.15) is 52.5 Å². The van der Waals surface area contributed by atoms with Gasteiger partial charge in [-0.15, -0.1) is 0 Å². The van der Waals surface area contributed by atoms with Gasteiger partial charge in [0, 0.05) is 17.6 Å². The minimum atomic E-state index is -1.20. The number of halogens is 1. The first-order valence-corrected chi connectivity index (χ1v) is 10.5. The molecule has 4 rings (SSSR count). The fraction of sp³-hybridized carbons (Fsp3) is 0.591. The Morgan fingerprint density at radius 3 is 2.45 bits per heavy atom. The third-order valence-electron chi connectivity index (χ3n) is 6.73. The maximum atomic E-state index is 13.1. The Labute approximate surface area is 176 Å². The van der Waals surface area contributed by atoms with Gasteiger partial charge in [-0.1, -0.05) is 44.5 Å². The summed E-state index contributed by atoms with van der Waals surface area (Å²) in [5.74, 6) is -0.563. The Hall–Kier alpha value is -2.08. The lowest BCUT2D eigenvalue weighted by Gasteiger charge is -2.39. The Bertz CT molecular complexity index is 884. The molecule has 2 heterocycles. The SMILES string of the molecule is CC1(C)C[C@H]2C[C@@](C)(CN2C(=O)CN2C(=O)N[C@@](C)(c3ccc(Cl)cc3)C2=O)C1. The molecular formula is C22H28ClN3O3. The van der Waals surface area contributed by atoms with Crippen LogP contribution >= 0.6 is 11.6 Å². The molecule has 0 unspecified atom stereocenters. The van der Waals surface area contributed by atoms with E-state index in [1.165, 1.54) is 0 Å². The molecule has 1 N–H and O–H groups in total. The number of benzene rings is 1. The molecule has 3 aliphatic rings. The highest BCUT2D eigenvalue weighted by atomic mass is 35.5. The van der Waals surface area contributed by atoms with Crippen LogP contribution in [-0.2, 0) is 15.1 Å². The monoisotopic (exact) mass is 417 g/mol. The summed E-state index contributed by atoms with van der Waals surface area (Å²) in [5.41, 5.74) is -0.254. The summed E-state index contributed by atoms with van der Waals surface area (Å²) in [7, 11) is 0. The van der Waals surface area contributed by atoms with Gasteiger partial charge in [0.15, 0.2) is 0 Å². The van der Waals surface area contributed by atoms with E-state index in [-0.39, 0.29) is 29.3 Å². The summed E-state index contributed by atoms with van der Waals surface area (Å²) < 4.78 is 0. The van der Waals surface area contributed by atoms with Crippen LogP contribution in [0.3, 0.4) is 0 Å². The molecule has 0 spiro atoms. The van der Waals surface area contributed by atoms with Gasteiger partial charge in [0.25, 0.3) is 5.91 Å². The van der Waals surface area contributed by atoms with Crippen molar-refractivity contribution < 1.29 is 14.4 Å². The van der Waals surface area contributed by atoms with E-state index in [1.807, 2.05) is 4.90 Å². The lowest BCUT2D eigenvalue weighted by Crippen LogP contribution is -2.46. The molecular weight excluding hydrogens is 390 g/mol. The molecule has 6 nitrogen and oxygen atoms in total. The minimum absolute atomic E-state index is 0.108. The van der Waals surface area contributed by atoms with Crippen LogP contribution in [0.2, 0.25) is 5.02 Å². The molecule has 1 saturated carbocycles. The topological polar surface area (TPSA) is 69.7 Å². The van der Waals surface area contributed by atoms with Gasteiger partial charge in [0.2, 0.25) is 5.91 Å². The van der Waals surface area contributed by atoms with E-state index in [9.17, 15) is 14.4 Å². The number of fused-ring (bicyclic) bond motifs is 2. The van der Waals surface area contributed by atoms with Gasteiger partial charge < -0.3 is 10.2 Å². The van der Waals surface area contributed by atoms with Crippen molar-refractivity contribution in [3.05, 3.63) is 34.9 Å². The number of carbonyl (C=O) groups excluding carboxylic acids is 3. The zero-order valence-electron chi connectivity index (χ0n) is 17.4. The third-order valence-corrected chi connectivity index (χ3v) is 6.98. The Morgan fingerprint density at radius 2 is 1.79 bits per heavy atom. The van der Waals surface area contributed by atoms with Gasteiger partial charge in [-0.3, -0.25) is 14.5 Å². The molecule has 2 aliphatic heterocycles. The number of hydrogen-bond donors (Lipinski definition) is 1. The maximum absolute atomic E-state index is 13.1. The normalized spacial score (nSPS) is 33.2. The van der Waals surface area contributed by atoms with Crippen LogP contribution in [0.5, 0.6) is 0 Å². The number of urea groups is 1. The fourth-order valence-corrected chi connectivity index (χ4v) is 5.92. The summed E-state index contributed by atoms with van der Waals surface area (Å²) in [5, 5.41) is 3.31. The highest BCUT2D eigenvalue weighted by Gasteiger charge is 2.53. The highest BCUT2D eigenvalue weighted by molar-refractivity contribution is 6.30. The number of rotatable bonds is 3. The van der Waals surface area contributed by atoms with Crippen LogP contribution in [0.25, 0.3) is 0 Å². The second kappa shape index (κ2) is 6.46. The lowest BCUT2D eigenvalue weighted by atomic mass is 9.65. The van der Waals surface area contributed by atoms with Crippen LogP contribution in [-0.4, -0.2) is 46.8 Å². The van der Waals surface area contributed by atoms with E-state index >= 15 is 0 Å². The average Bonchev–Trinajstić information content (AvgIpc) is 2.99. The number of hydrogen-bond acceptors (Lipinski definition) is 3. The van der Waals surface area contributed by atoms with E-state index in [0.717, 1.165) is 24.2 Å². The Morgan fingerprint density at radius 1 is 1.14 bits per heavy atom. The number of carbonyl (C=O) groups is 3. The second-order valence-electron chi connectivity index (χ2n) is 10.2. The van der Waals surface area contributed by atoms with Crippen molar-refractivity contribution in [2.75, 3.05) is 13.1 Å². The molecule has 156 valence electrons. The van der Waals surface area contributed by atoms with Crippen molar-refractivity contribution in [2.45, 2.75) is 58.5 Å². The van der Waals surface area contributed by atoms with Crippen LogP contribution in [0.4, 0.5) is 4.79 Å². The second-order valence-corrected chi connectivity index (χ2v) is 10.6. The summed E-state index contributed by atoms with van der Waals surface area (Å²) in [6.07, 6.45) is 3.03. The summed E-state index contributed by atoms with van der Waals surface area (Å²) >= 11 is 5.94. The molecule has 2 saturated heterocycles. The first-order chi connectivity index (χ1) is 13.4. The number of nitrogens with one attached hydrogen (secondary N) is 1. The van der Waals surface area contributed by atoms with Crippen LogP contribution in [0, 0.1) is 10.8 Å². The van der Waals surface area contributed by atoms with E-state index in [0.29, 0.717) is 17.1 Å². The molecule has 4 amide bonds. The highest BCUT2D eigenvalue weighted by Crippen LogP contribution is 2.52. The molecule has 3 fully saturated rings. The summed E-state index contributed by atoms with van der Waals surface area (Å²) in [6, 6.07) is 6.45. The first-order valence-electron chi connectivity index (χ1n) is 10.1. The van der Waals surface area contributed by atoms with Gasteiger partial charge in [-0.25, -0.2) is 4.79 Å². The van der Waals surface area contributed by atoms with Gasteiger partial charge >= 0.3 is 6.03 Å². The number of likely N-dealkylation sites (tertiary alicyclic amines) is 1. The van der Waals surface area contributed by atoms with Gasteiger partial charge in [-0.2, -0.15) is 0 Å². The molecule has 1 aromatic rings. The summed E-state index contributed by atoms with van der Waals surface area (Å²) in [6.45, 7) is 8.87. The zero-order valence-corrected chi connectivity index (χ0v) is 18.2. The van der Waals surface area contributed by atoms with Gasteiger partial charge in [0.05, 0.1) is 0 Å². The van der Waals surface area contributed by atoms with E-state index in [4.69, 9.17) is 11.6 Å². The average molecular weight is 418 g/mol. The molecule has 1 aromatic carbocycles. The van der Waals surface area contributed by atoms with Crippen LogP contribution < -0.4 is 5.32 Å². The third kappa shape index (κ3) is 3.41. The van der Waals surface area contributed by atoms with E-state index in [1.54, 1.807) is 31.2 Å². The molecule has 29 heavy (non-hydrogen) atoms. The van der Waals surface area contributed by atoms with E-state index in [2.05, 4.69) is 26.1 Å². The molecule has 3 atom stereocenters. The molecule has 1 aliphatic carbocycles. The molecule has 2 bridgehead atoms. The predicted molar refractivity (Wildman–Crippen MR) is 110 cm³/mol. The summed E-state index contributed by atoms with van der Waals surface area (Å²) in [4.78, 5) is 41.7. The van der Waals surface area contributed by atoms with Crippen molar-refractivity contribution in [3.63, 3.8) is 0 Å². The van der Waals surface area contributed by atoms with Gasteiger partial charge in [-0.05, 0) is 54.7 Å². The maximum Gasteiger partial charge on any atom is 0.325 e. The van der Waals surface area contributed by atoms with Crippen molar-refractivity contribution >= 4 is 29.4 Å².